The first-order valence-electron chi connectivity index (χ1n) is 10.3. The minimum atomic E-state index is -1.35. The monoisotopic (exact) mass is 432 g/mol. The lowest BCUT2D eigenvalue weighted by Gasteiger charge is -2.28. The molecular formula is C24H32O7. The minimum Gasteiger partial charge on any atom is -0.507 e. The molecule has 0 radical (unpaired) electrons. The zero-order valence-electron chi connectivity index (χ0n) is 18.5. The molecule has 0 bridgehead atoms. The second-order valence-electron chi connectivity index (χ2n) is 8.43. The van der Waals surface area contributed by atoms with Crippen molar-refractivity contribution in [2.45, 2.75) is 64.8 Å². The molecule has 7 nitrogen and oxygen atoms in total. The number of ether oxygens (including phenoxy) is 1. The quantitative estimate of drug-likeness (QED) is 0.335. The summed E-state index contributed by atoms with van der Waals surface area (Å²) in [4.78, 5) is 11.4. The highest BCUT2D eigenvalue weighted by molar-refractivity contribution is 5.84. The predicted octanol–water partition coefficient (Wildman–Crippen LogP) is 3.43. The van der Waals surface area contributed by atoms with E-state index in [-0.39, 0.29) is 11.3 Å². The zero-order chi connectivity index (χ0) is 23.2. The van der Waals surface area contributed by atoms with E-state index in [1.54, 1.807) is 6.07 Å². The Balaban J connectivity index is 1.85. The smallest absolute Gasteiger partial charge is 0.336 e. The van der Waals surface area contributed by atoms with Crippen molar-refractivity contribution in [3.8, 4) is 11.5 Å². The van der Waals surface area contributed by atoms with Crippen LogP contribution >= 0.6 is 0 Å². The molecule has 7 heteroatoms. The lowest BCUT2D eigenvalue weighted by Crippen LogP contribution is -2.44. The molecule has 1 aromatic carbocycles. The first-order chi connectivity index (χ1) is 14.5. The molecule has 2 atom stereocenters. The first kappa shape index (κ1) is 24.7. The van der Waals surface area contributed by atoms with Gasteiger partial charge < -0.3 is 29.6 Å². The van der Waals surface area contributed by atoms with Gasteiger partial charge in [-0.1, -0.05) is 17.2 Å². The molecule has 0 aliphatic rings. The van der Waals surface area contributed by atoms with Crippen LogP contribution in [0.2, 0.25) is 0 Å². The average Bonchev–Trinajstić information content (AvgIpc) is 2.66. The molecule has 1 aromatic heterocycles. The number of fused-ring (bicyclic) bond motifs is 1. The number of benzene rings is 1. The van der Waals surface area contributed by atoms with Crippen LogP contribution < -0.4 is 10.4 Å². The van der Waals surface area contributed by atoms with E-state index in [1.165, 1.54) is 32.0 Å². The second kappa shape index (κ2) is 10.6. The molecule has 0 fully saturated rings. The Bertz CT molecular complexity index is 995. The van der Waals surface area contributed by atoms with E-state index in [0.717, 1.165) is 24.0 Å². The lowest BCUT2D eigenvalue weighted by molar-refractivity contribution is -0.105. The highest BCUT2D eigenvalue weighted by atomic mass is 16.5. The van der Waals surface area contributed by atoms with Crippen molar-refractivity contribution in [1.82, 2.24) is 0 Å². The fourth-order valence-corrected chi connectivity index (χ4v) is 3.14. The average molecular weight is 433 g/mol. The van der Waals surface area contributed by atoms with Gasteiger partial charge in [0, 0.05) is 18.2 Å². The van der Waals surface area contributed by atoms with Crippen LogP contribution in [-0.2, 0) is 0 Å². The van der Waals surface area contributed by atoms with E-state index in [0.29, 0.717) is 24.2 Å². The van der Waals surface area contributed by atoms with Gasteiger partial charge in [0.1, 0.15) is 29.8 Å². The van der Waals surface area contributed by atoms with Gasteiger partial charge in [0.25, 0.3) is 0 Å². The Morgan fingerprint density at radius 3 is 2.55 bits per heavy atom. The highest BCUT2D eigenvalue weighted by Crippen LogP contribution is 2.29. The topological polar surface area (TPSA) is 120 Å². The molecule has 0 unspecified atom stereocenters. The standard InChI is InChI=1S/C24H32O7/c1-15(6-5-7-16(2)12-20(26)23(28)24(3,4)29)10-11-30-17-13-19(25)18-8-9-22(27)31-21(18)14-17/h7-10,13-14,20,23,25-26,28-29H,5-6,11-12H2,1-4H3/t20-,23+/m0/s1. The molecule has 31 heavy (non-hydrogen) atoms. The summed E-state index contributed by atoms with van der Waals surface area (Å²) >= 11 is 0. The van der Waals surface area contributed by atoms with Crippen LogP contribution in [0.1, 0.15) is 47.0 Å². The number of phenols is 1. The Morgan fingerprint density at radius 1 is 1.16 bits per heavy atom. The van der Waals surface area contributed by atoms with Crippen LogP contribution in [0.3, 0.4) is 0 Å². The molecule has 0 aliphatic carbocycles. The number of hydrogen-bond acceptors (Lipinski definition) is 7. The van der Waals surface area contributed by atoms with Crippen molar-refractivity contribution in [1.29, 1.82) is 0 Å². The summed E-state index contributed by atoms with van der Waals surface area (Å²) in [6.45, 7) is 7.09. The summed E-state index contributed by atoms with van der Waals surface area (Å²) in [5.74, 6) is 0.382. The molecule has 0 saturated heterocycles. The van der Waals surface area contributed by atoms with Crippen LogP contribution in [0, 0.1) is 0 Å². The molecular weight excluding hydrogens is 400 g/mol. The maximum absolute atomic E-state index is 11.4. The molecule has 0 aliphatic heterocycles. The van der Waals surface area contributed by atoms with Gasteiger partial charge in [-0.3, -0.25) is 0 Å². The number of aliphatic hydroxyl groups is 3. The Hall–Kier alpha value is -2.61. The first-order valence-corrected chi connectivity index (χ1v) is 10.3. The SMILES string of the molecule is CC(=CCOc1cc(O)c2ccc(=O)oc2c1)CCC=C(C)C[C@H](O)[C@@H](O)C(C)(C)O. The van der Waals surface area contributed by atoms with Gasteiger partial charge in [-0.25, -0.2) is 4.79 Å². The summed E-state index contributed by atoms with van der Waals surface area (Å²) in [6, 6.07) is 5.80. The third kappa shape index (κ3) is 7.54. The van der Waals surface area contributed by atoms with E-state index in [9.17, 15) is 25.2 Å². The van der Waals surface area contributed by atoms with Gasteiger partial charge in [0.2, 0.25) is 0 Å². The molecule has 4 N–H and O–H groups in total. The van der Waals surface area contributed by atoms with Crippen LogP contribution in [0.4, 0.5) is 0 Å². The van der Waals surface area contributed by atoms with E-state index >= 15 is 0 Å². The largest absolute Gasteiger partial charge is 0.507 e. The third-order valence-electron chi connectivity index (χ3n) is 5.02. The summed E-state index contributed by atoms with van der Waals surface area (Å²) in [6.07, 6.45) is 3.55. The highest BCUT2D eigenvalue weighted by Gasteiger charge is 2.30. The summed E-state index contributed by atoms with van der Waals surface area (Å²) in [5, 5.41) is 40.2. The normalized spacial score (nSPS) is 15.2. The molecule has 0 amide bonds. The molecule has 1 heterocycles. The van der Waals surface area contributed by atoms with Gasteiger partial charge >= 0.3 is 5.63 Å². The zero-order valence-corrected chi connectivity index (χ0v) is 18.5. The Kier molecular flexibility index (Phi) is 8.44. The number of phenolic OH excluding ortho intramolecular Hbond substituents is 1. The van der Waals surface area contributed by atoms with Gasteiger partial charge in [-0.05, 0) is 59.1 Å². The van der Waals surface area contributed by atoms with E-state index in [4.69, 9.17) is 9.15 Å². The Morgan fingerprint density at radius 2 is 1.87 bits per heavy atom. The van der Waals surface area contributed by atoms with E-state index in [1.807, 2.05) is 26.0 Å². The van der Waals surface area contributed by atoms with Crippen molar-refractivity contribution >= 4 is 11.0 Å². The lowest BCUT2D eigenvalue weighted by atomic mass is 9.93. The van der Waals surface area contributed by atoms with Crippen molar-refractivity contribution < 1.29 is 29.6 Å². The fourth-order valence-electron chi connectivity index (χ4n) is 3.14. The van der Waals surface area contributed by atoms with Crippen molar-refractivity contribution in [2.24, 2.45) is 0 Å². The van der Waals surface area contributed by atoms with Crippen molar-refractivity contribution in [3.05, 3.63) is 58.0 Å². The molecule has 0 saturated carbocycles. The second-order valence-corrected chi connectivity index (χ2v) is 8.43. The molecule has 2 rings (SSSR count). The van der Waals surface area contributed by atoms with Crippen LogP contribution in [0.15, 0.2) is 56.8 Å². The van der Waals surface area contributed by atoms with E-state index in [2.05, 4.69) is 0 Å². The molecule has 2 aromatic rings. The predicted molar refractivity (Wildman–Crippen MR) is 119 cm³/mol. The van der Waals surface area contributed by atoms with Crippen LogP contribution in [0.5, 0.6) is 11.5 Å². The third-order valence-corrected chi connectivity index (χ3v) is 5.02. The van der Waals surface area contributed by atoms with Gasteiger partial charge in [0.05, 0.1) is 17.1 Å². The number of allylic oxidation sites excluding steroid dienone is 2. The maximum atomic E-state index is 11.4. The number of rotatable bonds is 10. The van der Waals surface area contributed by atoms with Crippen molar-refractivity contribution in [2.75, 3.05) is 6.61 Å². The van der Waals surface area contributed by atoms with Gasteiger partial charge in [-0.15, -0.1) is 0 Å². The summed E-state index contributed by atoms with van der Waals surface area (Å²) in [7, 11) is 0. The van der Waals surface area contributed by atoms with E-state index < -0.39 is 23.4 Å². The van der Waals surface area contributed by atoms with Crippen LogP contribution in [-0.4, -0.2) is 44.8 Å². The Labute approximate surface area is 181 Å². The van der Waals surface area contributed by atoms with Crippen molar-refractivity contribution in [3.63, 3.8) is 0 Å². The summed E-state index contributed by atoms with van der Waals surface area (Å²) < 4.78 is 10.7. The fraction of sp³-hybridized carbons (Fsp3) is 0.458. The number of aromatic hydroxyl groups is 1. The van der Waals surface area contributed by atoms with Gasteiger partial charge in [0.15, 0.2) is 0 Å². The maximum Gasteiger partial charge on any atom is 0.336 e. The molecule has 0 spiro atoms. The van der Waals surface area contributed by atoms with Gasteiger partial charge in [-0.2, -0.15) is 0 Å². The molecule has 170 valence electrons. The number of aliphatic hydroxyl groups excluding tert-OH is 2. The summed E-state index contributed by atoms with van der Waals surface area (Å²) in [5.41, 5.74) is 0.461. The number of hydrogen-bond donors (Lipinski definition) is 4. The minimum absolute atomic E-state index is 0.0190. The van der Waals surface area contributed by atoms with Crippen LogP contribution in [0.25, 0.3) is 11.0 Å².